The minimum Gasteiger partial charge on any atom is -0.328 e. The molecule has 0 saturated carbocycles. The molecule has 2 aromatic heterocycles. The number of hydrogen-bond donors (Lipinski definition) is 0. The van der Waals surface area contributed by atoms with Crippen LogP contribution >= 0.6 is 0 Å². The van der Waals surface area contributed by atoms with Crippen LogP contribution in [-0.2, 0) is 20.6 Å². The molecule has 0 aromatic carbocycles. The van der Waals surface area contributed by atoms with Crippen LogP contribution < -0.4 is 11.2 Å². The summed E-state index contributed by atoms with van der Waals surface area (Å²) in [5.41, 5.74) is -0.0708. The first-order chi connectivity index (χ1) is 10.3. The molecule has 0 bridgehead atoms. The zero-order valence-electron chi connectivity index (χ0n) is 12.6. The minimum absolute atomic E-state index is 0.0577. The number of nitro groups is 1. The van der Waals surface area contributed by atoms with E-state index in [0.29, 0.717) is 24.0 Å². The lowest BCUT2D eigenvalue weighted by Gasteiger charge is -2.07. The summed E-state index contributed by atoms with van der Waals surface area (Å²) in [5.74, 6) is 0. The van der Waals surface area contributed by atoms with Gasteiger partial charge in [-0.2, -0.15) is 0 Å². The molecule has 0 saturated heterocycles. The van der Waals surface area contributed by atoms with Crippen LogP contribution in [0, 0.1) is 10.1 Å². The minimum atomic E-state index is -0.465. The van der Waals surface area contributed by atoms with Gasteiger partial charge in [0.1, 0.15) is 0 Å². The fourth-order valence-corrected chi connectivity index (χ4v) is 2.23. The summed E-state index contributed by atoms with van der Waals surface area (Å²) in [6.07, 6.45) is 3.85. The van der Waals surface area contributed by atoms with E-state index in [1.807, 2.05) is 0 Å². The van der Waals surface area contributed by atoms with Crippen LogP contribution in [0.1, 0.15) is 19.8 Å². The molecule has 2 aromatic rings. The molecule has 0 aliphatic rings. The zero-order valence-corrected chi connectivity index (χ0v) is 12.6. The fraction of sp³-hybridized carbons (Fsp3) is 0.462. The number of aryl methyl sites for hydroxylation is 2. The number of rotatable bonds is 5. The lowest BCUT2D eigenvalue weighted by molar-refractivity contribution is -0.424. The van der Waals surface area contributed by atoms with E-state index in [1.165, 1.54) is 23.9 Å². The number of fused-ring (bicyclic) bond motifs is 1. The highest BCUT2D eigenvalue weighted by atomic mass is 16.6. The van der Waals surface area contributed by atoms with Crippen molar-refractivity contribution in [3.63, 3.8) is 0 Å². The molecular formula is C13H17N5O4. The Balaban J connectivity index is 2.31. The van der Waals surface area contributed by atoms with Crippen LogP contribution in [0.25, 0.3) is 11.2 Å². The Morgan fingerprint density at radius 2 is 2.09 bits per heavy atom. The quantitative estimate of drug-likeness (QED) is 0.451. The highest BCUT2D eigenvalue weighted by Gasteiger charge is 2.14. The molecule has 0 amide bonds. The molecule has 0 radical (unpaired) electrons. The van der Waals surface area contributed by atoms with Gasteiger partial charge >= 0.3 is 5.69 Å². The molecule has 2 rings (SSSR count). The van der Waals surface area contributed by atoms with Gasteiger partial charge in [0, 0.05) is 27.6 Å². The van der Waals surface area contributed by atoms with Crippen molar-refractivity contribution in [3.05, 3.63) is 49.1 Å². The number of aromatic nitrogens is 4. The summed E-state index contributed by atoms with van der Waals surface area (Å²) < 4.78 is 4.04. The van der Waals surface area contributed by atoms with Gasteiger partial charge < -0.3 is 4.57 Å². The maximum absolute atomic E-state index is 12.4. The van der Waals surface area contributed by atoms with Crippen molar-refractivity contribution >= 4 is 11.2 Å². The molecule has 0 atom stereocenters. The topological polar surface area (TPSA) is 105 Å². The SMILES string of the molecule is C/C(=C/CCCn1c(=O)c2c(ncn2C)n(C)c1=O)[N+](=O)[O-]. The second-order valence-corrected chi connectivity index (χ2v) is 5.07. The van der Waals surface area contributed by atoms with Gasteiger partial charge in [-0.3, -0.25) is 24.0 Å². The van der Waals surface area contributed by atoms with Crippen LogP contribution in [-0.4, -0.2) is 23.6 Å². The van der Waals surface area contributed by atoms with Crippen molar-refractivity contribution in [1.82, 2.24) is 18.7 Å². The largest absolute Gasteiger partial charge is 0.332 e. The van der Waals surface area contributed by atoms with Crippen LogP contribution in [0.15, 0.2) is 27.7 Å². The van der Waals surface area contributed by atoms with E-state index >= 15 is 0 Å². The van der Waals surface area contributed by atoms with Crippen LogP contribution in [0.5, 0.6) is 0 Å². The molecule has 0 aliphatic carbocycles. The van der Waals surface area contributed by atoms with E-state index in [1.54, 1.807) is 18.7 Å². The second kappa shape index (κ2) is 5.96. The summed E-state index contributed by atoms with van der Waals surface area (Å²) in [6, 6.07) is 0. The first kappa shape index (κ1) is 15.7. The number of allylic oxidation sites excluding steroid dienone is 2. The van der Waals surface area contributed by atoms with Gasteiger partial charge in [0.25, 0.3) is 5.56 Å². The third kappa shape index (κ3) is 2.69. The maximum Gasteiger partial charge on any atom is 0.332 e. The smallest absolute Gasteiger partial charge is 0.328 e. The second-order valence-electron chi connectivity index (χ2n) is 5.07. The van der Waals surface area contributed by atoms with E-state index < -0.39 is 16.2 Å². The predicted octanol–water partition coefficient (Wildman–Crippen LogP) is 0.394. The van der Waals surface area contributed by atoms with Gasteiger partial charge in [-0.1, -0.05) is 0 Å². The summed E-state index contributed by atoms with van der Waals surface area (Å²) in [5, 5.41) is 10.5. The monoisotopic (exact) mass is 307 g/mol. The number of hydrogen-bond acceptors (Lipinski definition) is 5. The van der Waals surface area contributed by atoms with Crippen molar-refractivity contribution in [3.8, 4) is 0 Å². The lowest BCUT2D eigenvalue weighted by Crippen LogP contribution is -2.39. The average molecular weight is 307 g/mol. The standard InChI is InChI=1S/C13H17N5O4/c1-9(18(21)22)6-4-5-7-17-12(19)10-11(14-8-15(10)2)16(3)13(17)20/h6,8H,4-5,7H2,1-3H3/b9-6-. The zero-order chi connectivity index (χ0) is 16.4. The first-order valence-corrected chi connectivity index (χ1v) is 6.76. The fourth-order valence-electron chi connectivity index (χ4n) is 2.23. The van der Waals surface area contributed by atoms with Crippen molar-refractivity contribution < 1.29 is 4.92 Å². The number of nitrogens with zero attached hydrogens (tertiary/aromatic N) is 5. The highest BCUT2D eigenvalue weighted by molar-refractivity contribution is 5.69. The normalized spacial score (nSPS) is 12.0. The van der Waals surface area contributed by atoms with E-state index in [-0.39, 0.29) is 12.2 Å². The van der Waals surface area contributed by atoms with Crippen LogP contribution in [0.4, 0.5) is 0 Å². The van der Waals surface area contributed by atoms with Gasteiger partial charge in [0.15, 0.2) is 11.2 Å². The van der Waals surface area contributed by atoms with Gasteiger partial charge in [-0.15, -0.1) is 0 Å². The first-order valence-electron chi connectivity index (χ1n) is 6.76. The Labute approximate surface area is 125 Å². The maximum atomic E-state index is 12.4. The van der Waals surface area contributed by atoms with Crippen molar-refractivity contribution in [2.45, 2.75) is 26.3 Å². The third-order valence-electron chi connectivity index (χ3n) is 3.51. The van der Waals surface area contributed by atoms with Crippen LogP contribution in [0.3, 0.4) is 0 Å². The van der Waals surface area contributed by atoms with E-state index in [2.05, 4.69) is 4.98 Å². The molecule has 0 unspecified atom stereocenters. The Morgan fingerprint density at radius 1 is 1.41 bits per heavy atom. The summed E-state index contributed by atoms with van der Waals surface area (Å²) in [6.45, 7) is 1.61. The van der Waals surface area contributed by atoms with Gasteiger partial charge in [-0.05, 0) is 18.9 Å². The molecule has 0 aliphatic heterocycles. The van der Waals surface area contributed by atoms with Gasteiger partial charge in [0.2, 0.25) is 5.70 Å². The van der Waals surface area contributed by atoms with Gasteiger partial charge in [0.05, 0.1) is 11.3 Å². The number of unbranched alkanes of at least 4 members (excludes halogenated alkanes) is 1. The summed E-state index contributed by atoms with van der Waals surface area (Å²) in [4.78, 5) is 38.7. The molecule has 9 heteroatoms. The summed E-state index contributed by atoms with van der Waals surface area (Å²) in [7, 11) is 3.25. The molecule has 0 spiro atoms. The Kier molecular flexibility index (Phi) is 4.25. The van der Waals surface area contributed by atoms with Crippen LogP contribution in [0.2, 0.25) is 0 Å². The molecule has 118 valence electrons. The predicted molar refractivity (Wildman–Crippen MR) is 80.2 cm³/mol. The molecular weight excluding hydrogens is 290 g/mol. The van der Waals surface area contributed by atoms with Gasteiger partial charge in [-0.25, -0.2) is 9.78 Å². The molecule has 2 heterocycles. The Bertz CT molecular complexity index is 871. The highest BCUT2D eigenvalue weighted by Crippen LogP contribution is 2.04. The molecule has 22 heavy (non-hydrogen) atoms. The molecule has 0 fully saturated rings. The molecule has 9 nitrogen and oxygen atoms in total. The molecule has 0 N–H and O–H groups in total. The Morgan fingerprint density at radius 3 is 2.73 bits per heavy atom. The van der Waals surface area contributed by atoms with E-state index in [4.69, 9.17) is 0 Å². The third-order valence-corrected chi connectivity index (χ3v) is 3.51. The van der Waals surface area contributed by atoms with Crippen molar-refractivity contribution in [1.29, 1.82) is 0 Å². The lowest BCUT2D eigenvalue weighted by atomic mass is 10.2. The number of imidazole rings is 1. The van der Waals surface area contributed by atoms with Crippen molar-refractivity contribution in [2.75, 3.05) is 0 Å². The van der Waals surface area contributed by atoms with Crippen molar-refractivity contribution in [2.24, 2.45) is 14.1 Å². The summed E-state index contributed by atoms with van der Waals surface area (Å²) >= 11 is 0. The van der Waals surface area contributed by atoms with E-state index in [0.717, 1.165) is 4.57 Å². The average Bonchev–Trinajstić information content (AvgIpc) is 2.85. The van der Waals surface area contributed by atoms with E-state index in [9.17, 15) is 19.7 Å². The Hall–Kier alpha value is -2.71.